The van der Waals surface area contributed by atoms with E-state index in [0.717, 1.165) is 18.1 Å². The van der Waals surface area contributed by atoms with Crippen molar-refractivity contribution in [1.82, 2.24) is 4.98 Å². The molecule has 1 aliphatic heterocycles. The molecule has 2 heterocycles. The van der Waals surface area contributed by atoms with Crippen LogP contribution in [0.25, 0.3) is 0 Å². The molecule has 0 aromatic carbocycles. The highest BCUT2D eigenvalue weighted by Crippen LogP contribution is 2.35. The van der Waals surface area contributed by atoms with Gasteiger partial charge in [-0.3, -0.25) is 0 Å². The maximum absolute atomic E-state index is 5.89. The van der Waals surface area contributed by atoms with Gasteiger partial charge in [-0.2, -0.15) is 0 Å². The smallest absolute Gasteiger partial charge is 0.134 e. The summed E-state index contributed by atoms with van der Waals surface area (Å²) >= 11 is 0. The summed E-state index contributed by atoms with van der Waals surface area (Å²) in [5, 5.41) is 0. The minimum absolute atomic E-state index is 0.206. The number of pyridine rings is 1. The lowest BCUT2D eigenvalue weighted by Crippen LogP contribution is -2.39. The number of aryl methyl sites for hydroxylation is 2. The zero-order valence-electron chi connectivity index (χ0n) is 11.4. The molecule has 1 aliphatic rings. The fraction of sp³-hybridized carbons (Fsp3) is 0.643. The molecule has 0 amide bonds. The molecule has 2 rings (SSSR count). The van der Waals surface area contributed by atoms with E-state index in [-0.39, 0.29) is 5.54 Å². The zero-order chi connectivity index (χ0) is 12.6. The molecule has 0 spiro atoms. The number of rotatable bonds is 2. The molecule has 1 saturated heterocycles. The van der Waals surface area contributed by atoms with Crippen LogP contribution in [0, 0.1) is 13.8 Å². The van der Waals surface area contributed by atoms with Crippen LogP contribution in [0.5, 0.6) is 0 Å². The summed E-state index contributed by atoms with van der Waals surface area (Å²) in [5.41, 5.74) is 9.64. The number of anilines is 1. The Morgan fingerprint density at radius 2 is 2.12 bits per heavy atom. The predicted molar refractivity (Wildman–Crippen MR) is 72.3 cm³/mol. The molecule has 1 fully saturated rings. The molecule has 2 N–H and O–H groups in total. The van der Waals surface area contributed by atoms with Crippen molar-refractivity contribution in [3.05, 3.63) is 22.9 Å². The van der Waals surface area contributed by atoms with E-state index in [1.165, 1.54) is 24.0 Å². The molecule has 0 atom stereocenters. The summed E-state index contributed by atoms with van der Waals surface area (Å²) < 4.78 is 0. The van der Waals surface area contributed by atoms with Gasteiger partial charge >= 0.3 is 0 Å². The molecule has 0 unspecified atom stereocenters. The quantitative estimate of drug-likeness (QED) is 0.853. The first-order chi connectivity index (χ1) is 7.95. The van der Waals surface area contributed by atoms with Gasteiger partial charge < -0.3 is 10.6 Å². The highest BCUT2D eigenvalue weighted by molar-refractivity contribution is 5.54. The Kier molecular flexibility index (Phi) is 3.13. The topological polar surface area (TPSA) is 42.1 Å². The number of nitrogens with two attached hydrogens (primary N) is 1. The van der Waals surface area contributed by atoms with Crippen LogP contribution in [0.1, 0.15) is 43.5 Å². The largest absolute Gasteiger partial charge is 0.351 e. The van der Waals surface area contributed by atoms with Crippen LogP contribution in [-0.4, -0.2) is 17.1 Å². The van der Waals surface area contributed by atoms with Gasteiger partial charge in [-0.05, 0) is 52.2 Å². The lowest BCUT2D eigenvalue weighted by atomic mass is 10.0. The highest BCUT2D eigenvalue weighted by Gasteiger charge is 2.34. The lowest BCUT2D eigenvalue weighted by molar-refractivity contribution is 0.512. The maximum Gasteiger partial charge on any atom is 0.134 e. The summed E-state index contributed by atoms with van der Waals surface area (Å²) in [7, 11) is 0. The molecule has 0 radical (unpaired) electrons. The van der Waals surface area contributed by atoms with Crippen molar-refractivity contribution in [3.8, 4) is 0 Å². The monoisotopic (exact) mass is 233 g/mol. The van der Waals surface area contributed by atoms with Gasteiger partial charge in [-0.25, -0.2) is 4.98 Å². The predicted octanol–water partition coefficient (Wildman–Crippen LogP) is 2.54. The summed E-state index contributed by atoms with van der Waals surface area (Å²) in [5.74, 6) is 1.10. The van der Waals surface area contributed by atoms with E-state index in [9.17, 15) is 0 Å². The van der Waals surface area contributed by atoms with Gasteiger partial charge in [-0.1, -0.05) is 0 Å². The normalized spacial score (nSPS) is 18.8. The molecule has 3 heteroatoms. The van der Waals surface area contributed by atoms with Crippen molar-refractivity contribution < 1.29 is 0 Å². The molecule has 0 saturated carbocycles. The average Bonchev–Trinajstić information content (AvgIpc) is 2.57. The third kappa shape index (κ3) is 2.16. The fourth-order valence-corrected chi connectivity index (χ4v) is 2.82. The third-order valence-electron chi connectivity index (χ3n) is 3.81. The van der Waals surface area contributed by atoms with Crippen molar-refractivity contribution >= 4 is 5.82 Å². The standard InChI is InChI=1S/C14H23N3/c1-10-8-11(2)16-13(12(10)9-15)17-7-5-6-14(17,3)4/h8H,5-7,9,15H2,1-4H3. The van der Waals surface area contributed by atoms with Gasteiger partial charge in [0.2, 0.25) is 0 Å². The van der Waals surface area contributed by atoms with Crippen LogP contribution in [0.15, 0.2) is 6.07 Å². The van der Waals surface area contributed by atoms with Crippen LogP contribution >= 0.6 is 0 Å². The van der Waals surface area contributed by atoms with E-state index in [1.807, 2.05) is 0 Å². The number of nitrogens with zero attached hydrogens (tertiary/aromatic N) is 2. The van der Waals surface area contributed by atoms with E-state index >= 15 is 0 Å². The second-order valence-corrected chi connectivity index (χ2v) is 5.65. The molecule has 0 bridgehead atoms. The van der Waals surface area contributed by atoms with Crippen molar-refractivity contribution in [1.29, 1.82) is 0 Å². The number of hydrogen-bond donors (Lipinski definition) is 1. The van der Waals surface area contributed by atoms with Crippen LogP contribution in [0.3, 0.4) is 0 Å². The SMILES string of the molecule is Cc1cc(C)c(CN)c(N2CCCC2(C)C)n1. The van der Waals surface area contributed by atoms with Gasteiger partial charge in [0.15, 0.2) is 0 Å². The third-order valence-corrected chi connectivity index (χ3v) is 3.81. The van der Waals surface area contributed by atoms with Crippen molar-refractivity contribution in [2.75, 3.05) is 11.4 Å². The first-order valence-corrected chi connectivity index (χ1v) is 6.40. The minimum Gasteiger partial charge on any atom is -0.351 e. The van der Waals surface area contributed by atoms with Gasteiger partial charge in [-0.15, -0.1) is 0 Å². The van der Waals surface area contributed by atoms with E-state index in [4.69, 9.17) is 10.7 Å². The molecular formula is C14H23N3. The molecular weight excluding hydrogens is 210 g/mol. The Labute approximate surface area is 104 Å². The van der Waals surface area contributed by atoms with Gasteiger partial charge in [0.1, 0.15) is 5.82 Å². The Balaban J connectivity index is 2.51. The van der Waals surface area contributed by atoms with Gasteiger partial charge in [0, 0.05) is 29.9 Å². The fourth-order valence-electron chi connectivity index (χ4n) is 2.82. The van der Waals surface area contributed by atoms with Crippen LogP contribution in [0.2, 0.25) is 0 Å². The van der Waals surface area contributed by atoms with Crippen LogP contribution in [-0.2, 0) is 6.54 Å². The molecule has 17 heavy (non-hydrogen) atoms. The van der Waals surface area contributed by atoms with Crippen molar-refractivity contribution in [3.63, 3.8) is 0 Å². The average molecular weight is 233 g/mol. The van der Waals surface area contributed by atoms with Crippen molar-refractivity contribution in [2.24, 2.45) is 5.73 Å². The van der Waals surface area contributed by atoms with E-state index in [0.29, 0.717) is 6.54 Å². The number of hydrogen-bond acceptors (Lipinski definition) is 3. The first-order valence-electron chi connectivity index (χ1n) is 6.40. The lowest BCUT2D eigenvalue weighted by Gasteiger charge is -2.34. The summed E-state index contributed by atoms with van der Waals surface area (Å²) in [6, 6.07) is 2.12. The molecule has 3 nitrogen and oxygen atoms in total. The summed E-state index contributed by atoms with van der Waals surface area (Å²) in [6.07, 6.45) is 2.47. The van der Waals surface area contributed by atoms with E-state index in [2.05, 4.69) is 38.7 Å². The minimum atomic E-state index is 0.206. The molecule has 0 aliphatic carbocycles. The van der Waals surface area contributed by atoms with E-state index < -0.39 is 0 Å². The maximum atomic E-state index is 5.89. The first kappa shape index (κ1) is 12.4. The Morgan fingerprint density at radius 1 is 1.41 bits per heavy atom. The van der Waals surface area contributed by atoms with E-state index in [1.54, 1.807) is 0 Å². The molecule has 94 valence electrons. The van der Waals surface area contributed by atoms with Gasteiger partial charge in [0.05, 0.1) is 0 Å². The highest BCUT2D eigenvalue weighted by atomic mass is 15.3. The summed E-state index contributed by atoms with van der Waals surface area (Å²) in [6.45, 7) is 10.4. The second kappa shape index (κ2) is 4.30. The van der Waals surface area contributed by atoms with Crippen LogP contribution < -0.4 is 10.6 Å². The van der Waals surface area contributed by atoms with Crippen molar-refractivity contribution in [2.45, 2.75) is 52.6 Å². The second-order valence-electron chi connectivity index (χ2n) is 5.65. The Morgan fingerprint density at radius 3 is 2.65 bits per heavy atom. The van der Waals surface area contributed by atoms with Crippen LogP contribution in [0.4, 0.5) is 5.82 Å². The summed E-state index contributed by atoms with van der Waals surface area (Å²) in [4.78, 5) is 7.15. The molecule has 1 aromatic heterocycles. The zero-order valence-corrected chi connectivity index (χ0v) is 11.4. The Bertz CT molecular complexity index is 424. The Hall–Kier alpha value is -1.09. The number of aromatic nitrogens is 1. The molecule has 1 aromatic rings. The van der Waals surface area contributed by atoms with Gasteiger partial charge in [0.25, 0.3) is 0 Å².